The summed E-state index contributed by atoms with van der Waals surface area (Å²) in [4.78, 5) is 11.8. The summed E-state index contributed by atoms with van der Waals surface area (Å²) in [5.74, 6) is -0.195. The predicted octanol–water partition coefficient (Wildman–Crippen LogP) is 2.47. The molecule has 0 spiro atoms. The number of carbonyl (C=O) groups is 1. The minimum Gasteiger partial charge on any atom is -0.362 e. The zero-order chi connectivity index (χ0) is 12.7. The van der Waals surface area contributed by atoms with Crippen LogP contribution in [-0.2, 0) is 0 Å². The SMILES string of the molecule is C=CCCNC(=S)NC(=O)c1cccc(I)c1. The van der Waals surface area contributed by atoms with Gasteiger partial charge in [-0.2, -0.15) is 0 Å². The van der Waals surface area contributed by atoms with E-state index in [4.69, 9.17) is 12.2 Å². The van der Waals surface area contributed by atoms with Crippen molar-refractivity contribution >= 4 is 45.8 Å². The van der Waals surface area contributed by atoms with Crippen molar-refractivity contribution in [1.29, 1.82) is 0 Å². The molecule has 0 aliphatic rings. The maximum atomic E-state index is 11.8. The molecule has 0 heterocycles. The molecule has 0 fully saturated rings. The van der Waals surface area contributed by atoms with Gasteiger partial charge in [0, 0.05) is 15.7 Å². The second kappa shape index (κ2) is 7.39. The van der Waals surface area contributed by atoms with Crippen LogP contribution < -0.4 is 10.6 Å². The van der Waals surface area contributed by atoms with E-state index in [1.54, 1.807) is 12.1 Å². The van der Waals surface area contributed by atoms with Gasteiger partial charge in [-0.25, -0.2) is 0 Å². The Morgan fingerprint density at radius 3 is 2.94 bits per heavy atom. The molecule has 3 nitrogen and oxygen atoms in total. The molecule has 0 aromatic heterocycles. The minimum atomic E-state index is -0.195. The van der Waals surface area contributed by atoms with E-state index < -0.39 is 0 Å². The Bertz CT molecular complexity index is 434. The second-order valence-corrected chi connectivity index (χ2v) is 4.95. The van der Waals surface area contributed by atoms with E-state index in [1.165, 1.54) is 0 Å². The molecule has 1 aromatic carbocycles. The van der Waals surface area contributed by atoms with E-state index in [-0.39, 0.29) is 5.91 Å². The van der Waals surface area contributed by atoms with Crippen LogP contribution in [0.15, 0.2) is 36.9 Å². The van der Waals surface area contributed by atoms with Crippen LogP contribution in [-0.4, -0.2) is 17.6 Å². The molecule has 2 N–H and O–H groups in total. The van der Waals surface area contributed by atoms with Gasteiger partial charge in [0.2, 0.25) is 0 Å². The Kier molecular flexibility index (Phi) is 6.13. The maximum absolute atomic E-state index is 11.8. The summed E-state index contributed by atoms with van der Waals surface area (Å²) < 4.78 is 1.01. The molecule has 0 radical (unpaired) electrons. The van der Waals surface area contributed by atoms with E-state index in [0.29, 0.717) is 17.2 Å². The highest BCUT2D eigenvalue weighted by molar-refractivity contribution is 14.1. The fourth-order valence-electron chi connectivity index (χ4n) is 1.14. The smallest absolute Gasteiger partial charge is 0.257 e. The van der Waals surface area contributed by atoms with Crippen LogP contribution in [0.4, 0.5) is 0 Å². The third-order valence-corrected chi connectivity index (χ3v) is 2.87. The molecular formula is C12H13IN2OS. The van der Waals surface area contributed by atoms with E-state index in [1.807, 2.05) is 18.2 Å². The van der Waals surface area contributed by atoms with Crippen molar-refractivity contribution in [1.82, 2.24) is 10.6 Å². The zero-order valence-corrected chi connectivity index (χ0v) is 12.2. The summed E-state index contributed by atoms with van der Waals surface area (Å²) >= 11 is 7.16. The number of hydrogen-bond acceptors (Lipinski definition) is 2. The Morgan fingerprint density at radius 1 is 1.53 bits per heavy atom. The van der Waals surface area contributed by atoms with Crippen molar-refractivity contribution < 1.29 is 4.79 Å². The number of benzene rings is 1. The second-order valence-electron chi connectivity index (χ2n) is 3.30. The summed E-state index contributed by atoms with van der Waals surface area (Å²) in [5, 5.41) is 5.89. The molecule has 0 aliphatic carbocycles. The predicted molar refractivity (Wildman–Crippen MR) is 82.0 cm³/mol. The number of halogens is 1. The van der Waals surface area contributed by atoms with Crippen LogP contribution in [0.5, 0.6) is 0 Å². The molecule has 0 atom stereocenters. The maximum Gasteiger partial charge on any atom is 0.257 e. The Hall–Kier alpha value is -0.950. The van der Waals surface area contributed by atoms with Crippen LogP contribution in [0, 0.1) is 3.57 Å². The number of thiocarbonyl (C=S) groups is 1. The number of rotatable bonds is 4. The Morgan fingerprint density at radius 2 is 2.29 bits per heavy atom. The molecule has 5 heteroatoms. The number of nitrogens with one attached hydrogen (secondary N) is 2. The highest BCUT2D eigenvalue weighted by Gasteiger charge is 2.07. The fourth-order valence-corrected chi connectivity index (χ4v) is 1.87. The van der Waals surface area contributed by atoms with Gasteiger partial charge in [-0.3, -0.25) is 10.1 Å². The summed E-state index contributed by atoms with van der Waals surface area (Å²) in [6.07, 6.45) is 2.59. The van der Waals surface area contributed by atoms with Gasteiger partial charge in [0.05, 0.1) is 0 Å². The first-order chi connectivity index (χ1) is 8.13. The summed E-state index contributed by atoms with van der Waals surface area (Å²) in [7, 11) is 0. The fraction of sp³-hybridized carbons (Fsp3) is 0.167. The quantitative estimate of drug-likeness (QED) is 0.375. The first kappa shape index (κ1) is 14.1. The van der Waals surface area contributed by atoms with Crippen molar-refractivity contribution in [3.8, 4) is 0 Å². The molecule has 0 saturated carbocycles. The van der Waals surface area contributed by atoms with Crippen molar-refractivity contribution in [2.24, 2.45) is 0 Å². The molecule has 1 amide bonds. The number of carbonyl (C=O) groups excluding carboxylic acids is 1. The standard InChI is InChI=1S/C12H13IN2OS/c1-2-3-7-14-12(17)15-11(16)9-5-4-6-10(13)8-9/h2,4-6,8H,1,3,7H2,(H2,14,15,16,17). The molecule has 0 saturated heterocycles. The van der Waals surface area contributed by atoms with Crippen molar-refractivity contribution in [2.45, 2.75) is 6.42 Å². The summed E-state index contributed by atoms with van der Waals surface area (Å²) in [5.41, 5.74) is 0.602. The van der Waals surface area contributed by atoms with E-state index >= 15 is 0 Å². The average Bonchev–Trinajstić information content (AvgIpc) is 2.29. The van der Waals surface area contributed by atoms with Gasteiger partial charge in [0.1, 0.15) is 0 Å². The molecular weight excluding hydrogens is 347 g/mol. The van der Waals surface area contributed by atoms with Crippen LogP contribution in [0.3, 0.4) is 0 Å². The van der Waals surface area contributed by atoms with Crippen molar-refractivity contribution in [3.05, 3.63) is 46.1 Å². The lowest BCUT2D eigenvalue weighted by atomic mass is 10.2. The van der Waals surface area contributed by atoms with Crippen LogP contribution >= 0.6 is 34.8 Å². The molecule has 0 unspecified atom stereocenters. The number of hydrogen-bond donors (Lipinski definition) is 2. The highest BCUT2D eigenvalue weighted by atomic mass is 127. The lowest BCUT2D eigenvalue weighted by Crippen LogP contribution is -2.39. The van der Waals surface area contributed by atoms with Gasteiger partial charge in [-0.05, 0) is 59.4 Å². The zero-order valence-electron chi connectivity index (χ0n) is 9.20. The molecule has 90 valence electrons. The molecule has 1 rings (SSSR count). The first-order valence-corrected chi connectivity index (χ1v) is 6.58. The van der Waals surface area contributed by atoms with Crippen LogP contribution in [0.25, 0.3) is 0 Å². The normalized spacial score (nSPS) is 9.47. The topological polar surface area (TPSA) is 41.1 Å². The van der Waals surface area contributed by atoms with E-state index in [0.717, 1.165) is 9.99 Å². The Labute approximate surface area is 120 Å². The van der Waals surface area contributed by atoms with Gasteiger partial charge in [0.25, 0.3) is 5.91 Å². The lowest BCUT2D eigenvalue weighted by molar-refractivity contribution is 0.0976. The molecule has 1 aromatic rings. The first-order valence-electron chi connectivity index (χ1n) is 5.09. The van der Waals surface area contributed by atoms with E-state index in [9.17, 15) is 4.79 Å². The average molecular weight is 360 g/mol. The largest absolute Gasteiger partial charge is 0.362 e. The summed E-state index contributed by atoms with van der Waals surface area (Å²) in [6, 6.07) is 7.33. The van der Waals surface area contributed by atoms with Gasteiger partial charge >= 0.3 is 0 Å². The van der Waals surface area contributed by atoms with Gasteiger partial charge in [0.15, 0.2) is 5.11 Å². The van der Waals surface area contributed by atoms with Crippen molar-refractivity contribution in [2.75, 3.05) is 6.54 Å². The molecule has 0 bridgehead atoms. The minimum absolute atomic E-state index is 0.195. The van der Waals surface area contributed by atoms with Gasteiger partial charge < -0.3 is 5.32 Å². The summed E-state index contributed by atoms with van der Waals surface area (Å²) in [6.45, 7) is 4.28. The third-order valence-electron chi connectivity index (χ3n) is 1.95. The lowest BCUT2D eigenvalue weighted by Gasteiger charge is -2.08. The number of amides is 1. The third kappa shape index (κ3) is 5.27. The molecule has 17 heavy (non-hydrogen) atoms. The molecule has 0 aliphatic heterocycles. The van der Waals surface area contributed by atoms with Gasteiger partial charge in [-0.1, -0.05) is 12.1 Å². The Balaban J connectivity index is 2.49. The monoisotopic (exact) mass is 360 g/mol. The van der Waals surface area contributed by atoms with E-state index in [2.05, 4.69) is 39.8 Å². The van der Waals surface area contributed by atoms with Crippen LogP contribution in [0.1, 0.15) is 16.8 Å². The van der Waals surface area contributed by atoms with Crippen molar-refractivity contribution in [3.63, 3.8) is 0 Å². The highest BCUT2D eigenvalue weighted by Crippen LogP contribution is 2.07. The van der Waals surface area contributed by atoms with Gasteiger partial charge in [-0.15, -0.1) is 6.58 Å². The van der Waals surface area contributed by atoms with Crippen LogP contribution in [0.2, 0.25) is 0 Å².